The van der Waals surface area contributed by atoms with Crippen molar-refractivity contribution in [2.45, 2.75) is 0 Å². The van der Waals surface area contributed by atoms with Crippen molar-refractivity contribution >= 4 is 50.3 Å². The number of fused-ring (bicyclic) bond motifs is 1. The van der Waals surface area contributed by atoms with E-state index in [1.807, 2.05) is 91.0 Å². The average Bonchev–Trinajstić information content (AvgIpc) is 3.35. The molecule has 0 bridgehead atoms. The molecule has 0 unspecified atom stereocenters. The quantitative estimate of drug-likeness (QED) is 0.386. The zero-order valence-electron chi connectivity index (χ0n) is 16.9. The number of hydrogen-bond donors (Lipinski definition) is 1. The van der Waals surface area contributed by atoms with Crippen LogP contribution < -0.4 is 15.9 Å². The first-order valence-corrected chi connectivity index (χ1v) is 13.1. The van der Waals surface area contributed by atoms with Crippen LogP contribution in [0.4, 0.5) is 0 Å². The summed E-state index contributed by atoms with van der Waals surface area (Å²) in [7, 11) is 0. The third-order valence-corrected chi connectivity index (χ3v) is 11.6. The van der Waals surface area contributed by atoms with Crippen molar-refractivity contribution in [1.29, 1.82) is 0 Å². The molecular weight excluding hydrogens is 441 g/mol. The van der Waals surface area contributed by atoms with Crippen molar-refractivity contribution < 1.29 is 9.32 Å². The molecule has 0 amide bonds. The van der Waals surface area contributed by atoms with Gasteiger partial charge in [-0.3, -0.25) is 0 Å². The number of carbonyl (C=O) groups is 1. The number of halogens is 1. The average molecular weight is 460 g/mol. The van der Waals surface area contributed by atoms with E-state index in [2.05, 4.69) is 15.4 Å². The van der Waals surface area contributed by atoms with Crippen LogP contribution in [0, 0.1) is 0 Å². The van der Waals surface area contributed by atoms with E-state index in [4.69, 9.17) is 15.8 Å². The molecule has 1 heterocycles. The second kappa shape index (κ2) is 7.86. The summed E-state index contributed by atoms with van der Waals surface area (Å²) in [5.74, 6) is -0.561. The van der Waals surface area contributed by atoms with Crippen molar-refractivity contribution in [2.24, 2.45) is 0 Å². The van der Waals surface area contributed by atoms with Crippen LogP contribution in [-0.4, -0.2) is 21.4 Å². The zero-order chi connectivity index (χ0) is 22.0. The van der Waals surface area contributed by atoms with Gasteiger partial charge in [-0.1, -0.05) is 0 Å². The molecule has 158 valence electrons. The molecule has 7 heteroatoms. The molecule has 0 aliphatic carbocycles. The van der Waals surface area contributed by atoms with Crippen LogP contribution in [0.5, 0.6) is 0 Å². The Kier molecular flexibility index (Phi) is 5.01. The Morgan fingerprint density at radius 3 is 1.69 bits per heavy atom. The summed E-state index contributed by atoms with van der Waals surface area (Å²) in [5, 5.41) is 13.0. The summed E-state index contributed by atoms with van der Waals surface area (Å²) in [6.07, 6.45) is -4.19. The molecule has 5 rings (SSSR count). The van der Waals surface area contributed by atoms with Crippen molar-refractivity contribution in [2.75, 3.05) is 0 Å². The van der Waals surface area contributed by atoms with Crippen molar-refractivity contribution in [3.05, 3.63) is 115 Å². The number of hydrogen-bond acceptors (Lipinski definition) is 4. The zero-order valence-corrected chi connectivity index (χ0v) is 18.6. The number of H-pyrrole nitrogens is 1. The van der Waals surface area contributed by atoms with Crippen LogP contribution in [0.15, 0.2) is 109 Å². The van der Waals surface area contributed by atoms with Gasteiger partial charge in [0, 0.05) is 0 Å². The number of aromatic nitrogens is 3. The first-order chi connectivity index (χ1) is 15.6. The van der Waals surface area contributed by atoms with Gasteiger partial charge in [0.25, 0.3) is 0 Å². The maximum absolute atomic E-state index is 13.7. The van der Waals surface area contributed by atoms with Gasteiger partial charge in [0.15, 0.2) is 0 Å². The normalized spacial score (nSPS) is 12.7. The van der Waals surface area contributed by atoms with Crippen LogP contribution in [-0.2, 0) is 4.52 Å². The number of rotatable bonds is 5. The summed E-state index contributed by atoms with van der Waals surface area (Å²) in [6, 6.07) is 33.8. The van der Waals surface area contributed by atoms with E-state index in [0.29, 0.717) is 16.6 Å². The summed E-state index contributed by atoms with van der Waals surface area (Å²) in [6.45, 7) is 0. The van der Waals surface area contributed by atoms with Gasteiger partial charge in [0.2, 0.25) is 0 Å². The molecule has 0 fully saturated rings. The Bertz CT molecular complexity index is 1290. The van der Waals surface area contributed by atoms with Gasteiger partial charge < -0.3 is 0 Å². The van der Waals surface area contributed by atoms with E-state index in [0.717, 1.165) is 15.9 Å². The first kappa shape index (κ1) is 20.4. The SMILES string of the molecule is O=C(OP(Cl)(c1ccccc1)(c1ccccc1)c1ccccc1)c1cccc2n[nH]nc12. The van der Waals surface area contributed by atoms with Gasteiger partial charge in [-0.05, 0) is 0 Å². The molecule has 4 aromatic carbocycles. The predicted octanol–water partition coefficient (Wildman–Crippen LogP) is 4.71. The van der Waals surface area contributed by atoms with Crippen molar-refractivity contribution in [3.63, 3.8) is 0 Å². The second-order valence-electron chi connectivity index (χ2n) is 7.31. The monoisotopic (exact) mass is 459 g/mol. The van der Waals surface area contributed by atoms with Crippen LogP contribution in [0.3, 0.4) is 0 Å². The number of aromatic amines is 1. The minimum atomic E-state index is -4.19. The van der Waals surface area contributed by atoms with E-state index in [1.54, 1.807) is 18.2 Å². The molecule has 1 aromatic heterocycles. The van der Waals surface area contributed by atoms with Crippen LogP contribution in [0.2, 0.25) is 0 Å². The first-order valence-electron chi connectivity index (χ1n) is 10.1. The van der Waals surface area contributed by atoms with Gasteiger partial charge >= 0.3 is 190 Å². The fourth-order valence-corrected chi connectivity index (χ4v) is 8.86. The summed E-state index contributed by atoms with van der Waals surface area (Å²) < 4.78 is 6.52. The molecule has 0 saturated heterocycles. The summed E-state index contributed by atoms with van der Waals surface area (Å²) in [5.41, 5.74) is 1.32. The molecule has 32 heavy (non-hydrogen) atoms. The number of benzene rings is 4. The third-order valence-electron chi connectivity index (χ3n) is 5.47. The molecule has 5 aromatic rings. The van der Waals surface area contributed by atoms with Crippen LogP contribution in [0.1, 0.15) is 10.4 Å². The molecule has 5 nitrogen and oxygen atoms in total. The number of nitrogens with one attached hydrogen (secondary N) is 1. The van der Waals surface area contributed by atoms with E-state index in [-0.39, 0.29) is 0 Å². The third kappa shape index (κ3) is 3.10. The minimum absolute atomic E-state index is 0.300. The van der Waals surface area contributed by atoms with E-state index in [9.17, 15) is 4.79 Å². The summed E-state index contributed by atoms with van der Waals surface area (Å²) >= 11 is 7.79. The topological polar surface area (TPSA) is 67.9 Å². The summed E-state index contributed by atoms with van der Waals surface area (Å²) in [4.78, 5) is 13.7. The Labute approximate surface area is 189 Å². The van der Waals surface area contributed by atoms with Gasteiger partial charge in [-0.15, -0.1) is 0 Å². The second-order valence-corrected chi connectivity index (χ2v) is 12.8. The Hall–Kier alpha value is -3.53. The Morgan fingerprint density at radius 2 is 1.19 bits per heavy atom. The number of nitrogens with zero attached hydrogens (tertiary/aromatic N) is 2. The Morgan fingerprint density at radius 1 is 0.688 bits per heavy atom. The van der Waals surface area contributed by atoms with E-state index >= 15 is 0 Å². The molecule has 0 atom stereocenters. The molecule has 0 saturated carbocycles. The fourth-order valence-electron chi connectivity index (χ4n) is 3.93. The van der Waals surface area contributed by atoms with Gasteiger partial charge in [0.05, 0.1) is 0 Å². The van der Waals surface area contributed by atoms with Gasteiger partial charge in [-0.25, -0.2) is 0 Å². The fraction of sp³-hybridized carbons (Fsp3) is 0. The van der Waals surface area contributed by atoms with Crippen LogP contribution in [0.25, 0.3) is 11.0 Å². The Balaban J connectivity index is 1.80. The molecule has 0 aliphatic rings. The molecule has 0 aliphatic heterocycles. The van der Waals surface area contributed by atoms with Gasteiger partial charge in [-0.2, -0.15) is 0 Å². The van der Waals surface area contributed by atoms with Crippen molar-refractivity contribution in [1.82, 2.24) is 15.4 Å². The molecular formula is C25H19ClN3O2P. The molecule has 1 N–H and O–H groups in total. The maximum atomic E-state index is 13.7. The van der Waals surface area contributed by atoms with Crippen LogP contribution >= 0.6 is 17.4 Å². The predicted molar refractivity (Wildman–Crippen MR) is 130 cm³/mol. The van der Waals surface area contributed by atoms with Crippen molar-refractivity contribution in [3.8, 4) is 0 Å². The van der Waals surface area contributed by atoms with Gasteiger partial charge in [0.1, 0.15) is 0 Å². The standard InChI is InChI=1S/C25H19ClN3O2P/c26-32(19-11-4-1-5-12-19,20-13-6-2-7-14-20,21-15-8-3-9-16-21)31-25(30)22-17-10-18-23-24(22)28-29-27-23/h1-18H,(H,27,28,29). The van der Waals surface area contributed by atoms with E-state index in [1.165, 1.54) is 0 Å². The molecule has 0 radical (unpaired) electrons. The number of carbonyl (C=O) groups excluding carboxylic acids is 1. The number of para-hydroxylation sites is 1. The van der Waals surface area contributed by atoms with E-state index < -0.39 is 12.2 Å². The molecule has 0 spiro atoms.